The van der Waals surface area contributed by atoms with Crippen molar-refractivity contribution in [3.8, 4) is 0 Å². The molecule has 2 nitrogen and oxygen atoms in total. The van der Waals surface area contributed by atoms with E-state index >= 15 is 0 Å². The van der Waals surface area contributed by atoms with Crippen LogP contribution in [0.15, 0.2) is 0 Å². The smallest absolute Gasteiger partial charge is 0.298 e. The van der Waals surface area contributed by atoms with Crippen LogP contribution in [0, 0.1) is 0 Å². The lowest BCUT2D eigenvalue weighted by atomic mass is 10.3. The molecule has 13 heavy (non-hydrogen) atoms. The van der Waals surface area contributed by atoms with Gasteiger partial charge in [-0.25, -0.2) is 4.90 Å². The van der Waals surface area contributed by atoms with Gasteiger partial charge in [-0.1, -0.05) is 0 Å². The summed E-state index contributed by atoms with van der Waals surface area (Å²) in [7, 11) is 0. The molecule has 0 aromatic heterocycles. The molecule has 2 aliphatic rings. The Morgan fingerprint density at radius 2 is 1.46 bits per heavy atom. The molecule has 5 heteroatoms. The van der Waals surface area contributed by atoms with E-state index in [0.717, 1.165) is 0 Å². The summed E-state index contributed by atoms with van der Waals surface area (Å²) in [5.41, 5.74) is 0. The van der Waals surface area contributed by atoms with E-state index in [9.17, 15) is 13.2 Å². The molecule has 0 spiro atoms. The van der Waals surface area contributed by atoms with Gasteiger partial charge >= 0.3 is 6.30 Å². The van der Waals surface area contributed by atoms with Crippen LogP contribution >= 0.6 is 0 Å². The molecule has 1 saturated carbocycles. The molecule has 2 fully saturated rings. The van der Waals surface area contributed by atoms with Gasteiger partial charge in [0.05, 0.1) is 0 Å². The molecule has 0 N–H and O–H groups in total. The van der Waals surface area contributed by atoms with Gasteiger partial charge in [-0.15, -0.1) is 0 Å². The molecule has 0 aromatic carbocycles. The predicted octanol–water partition coefficient (Wildman–Crippen LogP) is 1.29. The number of rotatable bonds is 1. The summed E-state index contributed by atoms with van der Waals surface area (Å²) in [6, 6.07) is 0.593. The average Bonchev–Trinajstić information content (AvgIpc) is 2.85. The molecule has 1 aliphatic heterocycles. The second-order valence-corrected chi connectivity index (χ2v) is 3.72. The lowest BCUT2D eigenvalue weighted by molar-refractivity contribution is -0.252. The second kappa shape index (κ2) is 3.13. The van der Waals surface area contributed by atoms with E-state index in [1.54, 1.807) is 0 Å². The van der Waals surface area contributed by atoms with Crippen LogP contribution in [0.3, 0.4) is 0 Å². The summed E-state index contributed by atoms with van der Waals surface area (Å²) in [6.07, 6.45) is -1.78. The number of piperazine rings is 1. The molecule has 2 rings (SSSR count). The molecule has 0 aromatic rings. The first-order chi connectivity index (χ1) is 6.07. The molecule has 1 saturated heterocycles. The van der Waals surface area contributed by atoms with Crippen molar-refractivity contribution < 1.29 is 13.2 Å². The Labute approximate surface area is 75.3 Å². The van der Waals surface area contributed by atoms with Crippen LogP contribution in [-0.2, 0) is 0 Å². The van der Waals surface area contributed by atoms with Crippen molar-refractivity contribution in [3.63, 3.8) is 0 Å². The fraction of sp³-hybridized carbons (Fsp3) is 1.00. The van der Waals surface area contributed by atoms with E-state index < -0.39 is 6.30 Å². The topological polar surface area (TPSA) is 6.48 Å². The van der Waals surface area contributed by atoms with Gasteiger partial charge in [0.1, 0.15) is 0 Å². The average molecular weight is 194 g/mol. The third-order valence-electron chi connectivity index (χ3n) is 2.74. The third-order valence-corrected chi connectivity index (χ3v) is 2.74. The van der Waals surface area contributed by atoms with Gasteiger partial charge in [-0.3, -0.25) is 4.90 Å². The molecule has 76 valence electrons. The summed E-state index contributed by atoms with van der Waals surface area (Å²) < 4.78 is 36.6. The highest BCUT2D eigenvalue weighted by atomic mass is 19.4. The minimum atomic E-state index is -4.13. The van der Waals surface area contributed by atoms with E-state index in [4.69, 9.17) is 0 Å². The SMILES string of the molecule is FC(F)(F)N1CCN(C2CC2)CC1. The maximum atomic E-state index is 12.2. The Kier molecular flexibility index (Phi) is 2.23. The highest BCUT2D eigenvalue weighted by molar-refractivity contribution is 4.87. The summed E-state index contributed by atoms with van der Waals surface area (Å²) >= 11 is 0. The summed E-state index contributed by atoms with van der Waals surface area (Å²) in [4.78, 5) is 2.77. The van der Waals surface area contributed by atoms with E-state index in [-0.39, 0.29) is 13.1 Å². The van der Waals surface area contributed by atoms with Gasteiger partial charge in [0.15, 0.2) is 0 Å². The molecular formula is C8H13F3N2. The zero-order valence-electron chi connectivity index (χ0n) is 7.35. The van der Waals surface area contributed by atoms with Crippen molar-refractivity contribution in [2.24, 2.45) is 0 Å². The van der Waals surface area contributed by atoms with Gasteiger partial charge < -0.3 is 0 Å². The zero-order valence-corrected chi connectivity index (χ0v) is 7.35. The molecule has 1 heterocycles. The van der Waals surface area contributed by atoms with Gasteiger partial charge in [0.2, 0.25) is 0 Å². The number of hydrogen-bond donors (Lipinski definition) is 0. The highest BCUT2D eigenvalue weighted by Gasteiger charge is 2.40. The zero-order chi connectivity index (χ0) is 9.47. The molecule has 0 unspecified atom stereocenters. The first-order valence-electron chi connectivity index (χ1n) is 4.63. The minimum Gasteiger partial charge on any atom is -0.298 e. The second-order valence-electron chi connectivity index (χ2n) is 3.72. The molecular weight excluding hydrogens is 181 g/mol. The summed E-state index contributed by atoms with van der Waals surface area (Å²) in [6.45, 7) is 1.42. The maximum absolute atomic E-state index is 12.2. The van der Waals surface area contributed by atoms with Crippen molar-refractivity contribution in [2.75, 3.05) is 26.2 Å². The van der Waals surface area contributed by atoms with Crippen molar-refractivity contribution in [1.29, 1.82) is 0 Å². The van der Waals surface area contributed by atoms with Gasteiger partial charge in [0, 0.05) is 32.2 Å². The first-order valence-corrected chi connectivity index (χ1v) is 4.63. The van der Waals surface area contributed by atoms with E-state index in [2.05, 4.69) is 4.90 Å². The Morgan fingerprint density at radius 3 is 1.85 bits per heavy atom. The van der Waals surface area contributed by atoms with Gasteiger partial charge in [-0.05, 0) is 12.8 Å². The lowest BCUT2D eigenvalue weighted by Crippen LogP contribution is -2.52. The van der Waals surface area contributed by atoms with Gasteiger partial charge in [0.25, 0.3) is 0 Å². The van der Waals surface area contributed by atoms with Crippen LogP contribution in [0.1, 0.15) is 12.8 Å². The van der Waals surface area contributed by atoms with Crippen molar-refractivity contribution >= 4 is 0 Å². The Bertz CT molecular complexity index is 180. The number of nitrogens with zero attached hydrogens (tertiary/aromatic N) is 2. The van der Waals surface area contributed by atoms with Crippen LogP contribution in [0.4, 0.5) is 13.2 Å². The standard InChI is InChI=1S/C8H13F3N2/c9-8(10,11)13-5-3-12(4-6-13)7-1-2-7/h7H,1-6H2. The van der Waals surface area contributed by atoms with Crippen LogP contribution in [0.2, 0.25) is 0 Å². The fourth-order valence-corrected chi connectivity index (χ4v) is 1.78. The van der Waals surface area contributed by atoms with Crippen LogP contribution in [-0.4, -0.2) is 48.3 Å². The Balaban J connectivity index is 1.81. The normalized spacial score (nSPS) is 27.9. The number of hydrogen-bond acceptors (Lipinski definition) is 2. The van der Waals surface area contributed by atoms with Crippen molar-refractivity contribution in [2.45, 2.75) is 25.2 Å². The van der Waals surface area contributed by atoms with Crippen molar-refractivity contribution in [3.05, 3.63) is 0 Å². The number of halogens is 3. The van der Waals surface area contributed by atoms with Crippen LogP contribution in [0.5, 0.6) is 0 Å². The van der Waals surface area contributed by atoms with Crippen LogP contribution in [0.25, 0.3) is 0 Å². The Morgan fingerprint density at radius 1 is 0.923 bits per heavy atom. The largest absolute Gasteiger partial charge is 0.460 e. The number of alkyl halides is 3. The predicted molar refractivity (Wildman–Crippen MR) is 42.2 cm³/mol. The van der Waals surface area contributed by atoms with E-state index in [1.807, 2.05) is 0 Å². The Hall–Kier alpha value is -0.290. The quantitative estimate of drug-likeness (QED) is 0.580. The monoisotopic (exact) mass is 194 g/mol. The van der Waals surface area contributed by atoms with Crippen LogP contribution < -0.4 is 0 Å². The van der Waals surface area contributed by atoms with E-state index in [0.29, 0.717) is 24.0 Å². The molecule has 0 bridgehead atoms. The molecule has 0 radical (unpaired) electrons. The lowest BCUT2D eigenvalue weighted by Gasteiger charge is -2.35. The molecule has 0 atom stereocenters. The highest BCUT2D eigenvalue weighted by Crippen LogP contribution is 2.29. The molecule has 0 amide bonds. The maximum Gasteiger partial charge on any atom is 0.460 e. The fourth-order valence-electron chi connectivity index (χ4n) is 1.78. The third kappa shape index (κ3) is 2.14. The summed E-state index contributed by atoms with van der Waals surface area (Å²) in [5.74, 6) is 0. The van der Waals surface area contributed by atoms with Crippen molar-refractivity contribution in [1.82, 2.24) is 9.80 Å². The first kappa shape index (κ1) is 9.27. The minimum absolute atomic E-state index is 0.139. The molecule has 1 aliphatic carbocycles. The van der Waals surface area contributed by atoms with Gasteiger partial charge in [-0.2, -0.15) is 13.2 Å². The summed E-state index contributed by atoms with van der Waals surface area (Å²) in [5, 5.41) is 0. The van der Waals surface area contributed by atoms with E-state index in [1.165, 1.54) is 12.8 Å².